The number of carbonyl (C=O) groups is 1. The van der Waals surface area contributed by atoms with Gasteiger partial charge in [-0.05, 0) is 38.6 Å². The normalized spacial score (nSPS) is 22.5. The molecule has 1 aliphatic rings. The van der Waals surface area contributed by atoms with Gasteiger partial charge in [0.1, 0.15) is 0 Å². The van der Waals surface area contributed by atoms with Gasteiger partial charge in [-0.1, -0.05) is 0 Å². The highest BCUT2D eigenvalue weighted by atomic mass is 32.2. The van der Waals surface area contributed by atoms with Crippen LogP contribution in [0.2, 0.25) is 0 Å². The molecule has 1 aliphatic heterocycles. The Balaban J connectivity index is 2.38. The van der Waals surface area contributed by atoms with Gasteiger partial charge < -0.3 is 16.4 Å². The molecule has 8 heteroatoms. The van der Waals surface area contributed by atoms with Crippen molar-refractivity contribution in [1.82, 2.24) is 4.72 Å². The molecule has 5 N–H and O–H groups in total. The maximum Gasteiger partial charge on any atom is 0.240 e. The van der Waals surface area contributed by atoms with Crippen LogP contribution in [0.15, 0.2) is 23.1 Å². The van der Waals surface area contributed by atoms with Crippen LogP contribution in [0.5, 0.6) is 0 Å². The number of nitrogens with two attached hydrogens (primary N) is 2. The van der Waals surface area contributed by atoms with Gasteiger partial charge in [-0.3, -0.25) is 4.79 Å². The van der Waals surface area contributed by atoms with Crippen molar-refractivity contribution in [2.75, 3.05) is 30.8 Å². The highest BCUT2D eigenvalue weighted by Crippen LogP contribution is 2.36. The maximum atomic E-state index is 11.9. The van der Waals surface area contributed by atoms with Crippen molar-refractivity contribution in [1.29, 1.82) is 0 Å². The van der Waals surface area contributed by atoms with Gasteiger partial charge in [0.15, 0.2) is 0 Å². The number of primary amides is 1. The summed E-state index contributed by atoms with van der Waals surface area (Å²) in [6.45, 7) is 2.84. The molecule has 1 aromatic carbocycles. The standard InChI is InChI=1S/C13H20N4O3S/c1-13(12(15)18)5-6-17(8-13)11-7-9(3-4-10(11)14)21(19,20)16-2/h3-4,7,16H,5-6,8,14H2,1-2H3,(H2,15,18). The number of anilines is 2. The molecule has 1 atom stereocenters. The first-order valence-electron chi connectivity index (χ1n) is 6.57. The highest BCUT2D eigenvalue weighted by molar-refractivity contribution is 7.89. The van der Waals surface area contributed by atoms with Crippen LogP contribution in [0.1, 0.15) is 13.3 Å². The van der Waals surface area contributed by atoms with Crippen molar-refractivity contribution in [2.24, 2.45) is 11.1 Å². The number of benzene rings is 1. The zero-order chi connectivity index (χ0) is 15.8. The topological polar surface area (TPSA) is 119 Å². The molecule has 0 radical (unpaired) electrons. The molecule has 0 bridgehead atoms. The van der Waals surface area contributed by atoms with Gasteiger partial charge in [-0.2, -0.15) is 0 Å². The highest BCUT2D eigenvalue weighted by Gasteiger charge is 2.39. The van der Waals surface area contributed by atoms with Crippen LogP contribution in [0, 0.1) is 5.41 Å². The summed E-state index contributed by atoms with van der Waals surface area (Å²) >= 11 is 0. The lowest BCUT2D eigenvalue weighted by atomic mass is 9.89. The van der Waals surface area contributed by atoms with E-state index in [1.165, 1.54) is 19.2 Å². The molecule has 0 aromatic heterocycles. The first-order chi connectivity index (χ1) is 9.69. The molecule has 1 fully saturated rings. The van der Waals surface area contributed by atoms with E-state index in [9.17, 15) is 13.2 Å². The number of sulfonamides is 1. The largest absolute Gasteiger partial charge is 0.397 e. The van der Waals surface area contributed by atoms with Crippen molar-refractivity contribution in [2.45, 2.75) is 18.2 Å². The van der Waals surface area contributed by atoms with E-state index in [0.717, 1.165) is 0 Å². The predicted molar refractivity (Wildman–Crippen MR) is 81.2 cm³/mol. The molecule has 1 heterocycles. The fraction of sp³-hybridized carbons (Fsp3) is 0.462. The van der Waals surface area contributed by atoms with E-state index in [1.807, 2.05) is 4.90 Å². The van der Waals surface area contributed by atoms with E-state index in [-0.39, 0.29) is 10.8 Å². The number of hydrogen-bond donors (Lipinski definition) is 3. The minimum atomic E-state index is -3.54. The number of nitrogens with zero attached hydrogens (tertiary/aromatic N) is 1. The fourth-order valence-electron chi connectivity index (χ4n) is 2.45. The maximum absolute atomic E-state index is 11.9. The molecule has 1 aromatic rings. The Bertz CT molecular complexity index is 674. The quantitative estimate of drug-likeness (QED) is 0.670. The summed E-state index contributed by atoms with van der Waals surface area (Å²) in [7, 11) is -2.18. The van der Waals surface area contributed by atoms with Gasteiger partial charge in [-0.15, -0.1) is 0 Å². The summed E-state index contributed by atoms with van der Waals surface area (Å²) in [6.07, 6.45) is 0.616. The van der Waals surface area contributed by atoms with Crippen LogP contribution < -0.4 is 21.1 Å². The monoisotopic (exact) mass is 312 g/mol. The minimum Gasteiger partial charge on any atom is -0.397 e. The lowest BCUT2D eigenvalue weighted by molar-refractivity contribution is -0.125. The Labute approximate surface area is 124 Å². The zero-order valence-corrected chi connectivity index (χ0v) is 12.9. The van der Waals surface area contributed by atoms with Gasteiger partial charge in [-0.25, -0.2) is 13.1 Å². The Morgan fingerprint density at radius 1 is 1.43 bits per heavy atom. The van der Waals surface area contributed by atoms with Crippen LogP contribution in [0.25, 0.3) is 0 Å². The number of nitrogens with one attached hydrogen (secondary N) is 1. The Hall–Kier alpha value is -1.80. The van der Waals surface area contributed by atoms with Crippen molar-refractivity contribution >= 4 is 27.3 Å². The molecule has 116 valence electrons. The SMILES string of the molecule is CNS(=O)(=O)c1ccc(N)c(N2CCC(C)(C(N)=O)C2)c1. The molecular weight excluding hydrogens is 292 g/mol. The second kappa shape index (κ2) is 5.19. The lowest BCUT2D eigenvalue weighted by Gasteiger charge is -2.24. The lowest BCUT2D eigenvalue weighted by Crippen LogP contribution is -2.37. The second-order valence-electron chi connectivity index (χ2n) is 5.52. The van der Waals surface area contributed by atoms with Gasteiger partial charge in [0.2, 0.25) is 15.9 Å². The number of hydrogen-bond acceptors (Lipinski definition) is 5. The van der Waals surface area contributed by atoms with E-state index < -0.39 is 15.4 Å². The first-order valence-corrected chi connectivity index (χ1v) is 8.06. The molecular formula is C13H20N4O3S. The number of carbonyl (C=O) groups excluding carboxylic acids is 1. The molecule has 2 rings (SSSR count). The Kier molecular flexibility index (Phi) is 3.85. The third-order valence-corrected chi connectivity index (χ3v) is 5.40. The summed E-state index contributed by atoms with van der Waals surface area (Å²) in [5, 5.41) is 0. The number of amides is 1. The molecule has 1 amide bonds. The van der Waals surface area contributed by atoms with Gasteiger partial charge in [0, 0.05) is 13.1 Å². The number of nitrogen functional groups attached to an aromatic ring is 1. The summed E-state index contributed by atoms with van der Waals surface area (Å²) in [4.78, 5) is 13.6. The molecule has 0 spiro atoms. The van der Waals surface area contributed by atoms with Crippen LogP contribution in [-0.4, -0.2) is 34.5 Å². The third-order valence-electron chi connectivity index (χ3n) is 3.99. The predicted octanol–water partition coefficient (Wildman–Crippen LogP) is -0.121. The van der Waals surface area contributed by atoms with Gasteiger partial charge >= 0.3 is 0 Å². The molecule has 21 heavy (non-hydrogen) atoms. The molecule has 1 saturated heterocycles. The summed E-state index contributed by atoms with van der Waals surface area (Å²) in [6, 6.07) is 4.53. The van der Waals surface area contributed by atoms with E-state index >= 15 is 0 Å². The van der Waals surface area contributed by atoms with Crippen molar-refractivity contribution < 1.29 is 13.2 Å². The van der Waals surface area contributed by atoms with E-state index in [1.54, 1.807) is 13.0 Å². The van der Waals surface area contributed by atoms with Gasteiger partial charge in [0.25, 0.3) is 0 Å². The molecule has 1 unspecified atom stereocenters. The van der Waals surface area contributed by atoms with E-state index in [0.29, 0.717) is 30.9 Å². The van der Waals surface area contributed by atoms with Crippen molar-refractivity contribution in [3.05, 3.63) is 18.2 Å². The van der Waals surface area contributed by atoms with E-state index in [4.69, 9.17) is 11.5 Å². The summed E-state index contributed by atoms with van der Waals surface area (Å²) in [5.74, 6) is -0.359. The van der Waals surface area contributed by atoms with E-state index in [2.05, 4.69) is 4.72 Å². The summed E-state index contributed by atoms with van der Waals surface area (Å²) in [5.41, 5.74) is 11.8. The average molecular weight is 312 g/mol. The second-order valence-corrected chi connectivity index (χ2v) is 7.41. The fourth-order valence-corrected chi connectivity index (χ4v) is 3.20. The van der Waals surface area contributed by atoms with Crippen molar-refractivity contribution in [3.63, 3.8) is 0 Å². The third kappa shape index (κ3) is 2.81. The number of rotatable bonds is 4. The minimum absolute atomic E-state index is 0.141. The smallest absolute Gasteiger partial charge is 0.240 e. The molecule has 0 saturated carbocycles. The molecule has 0 aliphatic carbocycles. The van der Waals surface area contributed by atoms with Crippen molar-refractivity contribution in [3.8, 4) is 0 Å². The average Bonchev–Trinajstić information content (AvgIpc) is 2.83. The van der Waals surface area contributed by atoms with Crippen LogP contribution in [0.4, 0.5) is 11.4 Å². The molecule has 7 nitrogen and oxygen atoms in total. The Morgan fingerprint density at radius 3 is 2.62 bits per heavy atom. The van der Waals surface area contributed by atoms with Gasteiger partial charge in [0.05, 0.1) is 21.7 Å². The van der Waals surface area contributed by atoms with Crippen LogP contribution in [0.3, 0.4) is 0 Å². The van der Waals surface area contributed by atoms with Crippen LogP contribution >= 0.6 is 0 Å². The summed E-state index contributed by atoms with van der Waals surface area (Å²) < 4.78 is 26.0. The first kappa shape index (κ1) is 15.6. The zero-order valence-electron chi connectivity index (χ0n) is 12.1. The van der Waals surface area contributed by atoms with Crippen LogP contribution in [-0.2, 0) is 14.8 Å². The Morgan fingerprint density at radius 2 is 2.10 bits per heavy atom.